The Hall–Kier alpha value is -2.25. The van der Waals surface area contributed by atoms with Gasteiger partial charge in [-0.2, -0.15) is 13.2 Å². The Morgan fingerprint density at radius 3 is 2.51 bits per heavy atom. The van der Waals surface area contributed by atoms with E-state index in [1.807, 2.05) is 0 Å². The van der Waals surface area contributed by atoms with E-state index in [4.69, 9.17) is 4.74 Å². The largest absolute Gasteiger partial charge is 0.416 e. The zero-order valence-electron chi connectivity index (χ0n) is 18.6. The van der Waals surface area contributed by atoms with E-state index in [1.54, 1.807) is 12.1 Å². The third-order valence-electron chi connectivity index (χ3n) is 5.43. The average molecular weight is 550 g/mol. The van der Waals surface area contributed by atoms with Gasteiger partial charge in [-0.3, -0.25) is 14.6 Å². The number of anilines is 1. The van der Waals surface area contributed by atoms with Crippen molar-refractivity contribution in [2.24, 2.45) is 0 Å². The zero-order valence-corrected chi connectivity index (χ0v) is 21.1. The number of nitrogens with zero attached hydrogens (tertiary/aromatic N) is 3. The van der Waals surface area contributed by atoms with Gasteiger partial charge < -0.3 is 4.74 Å². The number of ether oxygens (including phenoxy) is 1. The maximum atomic E-state index is 13.4. The number of morpholine rings is 1. The molecule has 3 aromatic rings. The first-order chi connectivity index (χ1) is 16.0. The van der Waals surface area contributed by atoms with Gasteiger partial charge in [0.2, 0.25) is 0 Å². The van der Waals surface area contributed by atoms with Gasteiger partial charge >= 0.3 is 6.18 Å². The summed E-state index contributed by atoms with van der Waals surface area (Å²) in [7, 11) is -3.57. The molecule has 1 aromatic heterocycles. The van der Waals surface area contributed by atoms with Crippen molar-refractivity contribution in [3.63, 3.8) is 0 Å². The number of hydrogen-bond acceptors (Lipinski definition) is 7. The number of aromatic nitrogens is 1. The van der Waals surface area contributed by atoms with E-state index in [-0.39, 0.29) is 40.1 Å². The summed E-state index contributed by atoms with van der Waals surface area (Å²) in [5.41, 5.74) is -0.812. The second kappa shape index (κ2) is 10.8. The van der Waals surface area contributed by atoms with Crippen LogP contribution in [0.3, 0.4) is 0 Å². The number of alkyl halides is 3. The number of amides is 1. The van der Waals surface area contributed by atoms with E-state index in [2.05, 4.69) is 9.88 Å². The van der Waals surface area contributed by atoms with Gasteiger partial charge in [-0.15, -0.1) is 12.4 Å². The second-order valence-corrected chi connectivity index (χ2v) is 10.9. The summed E-state index contributed by atoms with van der Waals surface area (Å²) in [6, 6.07) is 8.97. The molecule has 1 aliphatic heterocycles. The highest BCUT2D eigenvalue weighted by Gasteiger charge is 2.32. The van der Waals surface area contributed by atoms with E-state index < -0.39 is 27.5 Å². The molecule has 190 valence electrons. The van der Waals surface area contributed by atoms with Gasteiger partial charge in [0.25, 0.3) is 5.91 Å². The van der Waals surface area contributed by atoms with Crippen LogP contribution in [0.4, 0.5) is 18.3 Å². The van der Waals surface area contributed by atoms with Gasteiger partial charge in [0.1, 0.15) is 5.52 Å². The predicted molar refractivity (Wildman–Crippen MR) is 130 cm³/mol. The first-order valence-corrected chi connectivity index (χ1v) is 13.1. The van der Waals surface area contributed by atoms with Crippen molar-refractivity contribution in [2.75, 3.05) is 50.5 Å². The summed E-state index contributed by atoms with van der Waals surface area (Å²) < 4.78 is 70.0. The molecule has 0 aliphatic carbocycles. The summed E-state index contributed by atoms with van der Waals surface area (Å²) >= 11 is 1.12. The molecule has 35 heavy (non-hydrogen) atoms. The number of carbonyl (C=O) groups excluding carboxylic acids is 1. The van der Waals surface area contributed by atoms with Crippen LogP contribution in [-0.2, 0) is 20.8 Å². The molecule has 4 rings (SSSR count). The van der Waals surface area contributed by atoms with Crippen LogP contribution in [0.5, 0.6) is 0 Å². The van der Waals surface area contributed by atoms with E-state index in [0.29, 0.717) is 37.5 Å². The smallest absolute Gasteiger partial charge is 0.379 e. The predicted octanol–water partition coefficient (Wildman–Crippen LogP) is 4.12. The first kappa shape index (κ1) is 27.3. The summed E-state index contributed by atoms with van der Waals surface area (Å²) in [6.45, 7) is 3.08. The molecule has 13 heteroatoms. The molecule has 0 unspecified atom stereocenters. The van der Waals surface area contributed by atoms with Gasteiger partial charge in [0.05, 0.1) is 28.4 Å². The molecule has 0 atom stereocenters. The topological polar surface area (TPSA) is 79.8 Å². The Kier molecular flexibility index (Phi) is 8.43. The molecule has 1 aliphatic rings. The summed E-state index contributed by atoms with van der Waals surface area (Å²) in [6.07, 6.45) is -3.51. The Bertz CT molecular complexity index is 1310. The number of thiazole rings is 1. The van der Waals surface area contributed by atoms with Crippen molar-refractivity contribution in [2.45, 2.75) is 11.1 Å². The Morgan fingerprint density at radius 2 is 1.86 bits per heavy atom. The summed E-state index contributed by atoms with van der Waals surface area (Å²) in [4.78, 5) is 21.3. The maximum absolute atomic E-state index is 13.4. The summed E-state index contributed by atoms with van der Waals surface area (Å²) in [5, 5.41) is 0.224. The van der Waals surface area contributed by atoms with Crippen molar-refractivity contribution in [1.82, 2.24) is 9.88 Å². The van der Waals surface area contributed by atoms with Gasteiger partial charge in [-0.05, 0) is 30.3 Å². The molecule has 7 nitrogen and oxygen atoms in total. The van der Waals surface area contributed by atoms with E-state index >= 15 is 0 Å². The van der Waals surface area contributed by atoms with Crippen molar-refractivity contribution >= 4 is 54.8 Å². The molecule has 0 spiro atoms. The highest BCUT2D eigenvalue weighted by Crippen LogP contribution is 2.34. The van der Waals surface area contributed by atoms with Crippen molar-refractivity contribution < 1.29 is 31.1 Å². The lowest BCUT2D eigenvalue weighted by atomic mass is 10.1. The quantitative estimate of drug-likeness (QED) is 0.460. The monoisotopic (exact) mass is 549 g/mol. The zero-order chi connectivity index (χ0) is 24.5. The average Bonchev–Trinajstić information content (AvgIpc) is 3.22. The summed E-state index contributed by atoms with van der Waals surface area (Å²) in [5.74, 6) is -0.640. The fourth-order valence-corrected chi connectivity index (χ4v) is 5.57. The normalized spacial score (nSPS) is 15.1. The van der Waals surface area contributed by atoms with Crippen molar-refractivity contribution in [1.29, 1.82) is 0 Å². The SMILES string of the molecule is CS(=O)(=O)c1cccc2sc(N(CCN3CCOCC3)C(=O)c3cccc(C(F)(F)F)c3)nc12.Cl. The lowest BCUT2D eigenvalue weighted by molar-refractivity contribution is -0.137. The van der Waals surface area contributed by atoms with Crippen LogP contribution in [0.15, 0.2) is 47.4 Å². The van der Waals surface area contributed by atoms with Crippen LogP contribution in [0.25, 0.3) is 10.2 Å². The van der Waals surface area contributed by atoms with Crippen LogP contribution >= 0.6 is 23.7 Å². The van der Waals surface area contributed by atoms with Gasteiger partial charge in [-0.25, -0.2) is 13.4 Å². The van der Waals surface area contributed by atoms with Gasteiger partial charge in [0, 0.05) is 38.0 Å². The minimum Gasteiger partial charge on any atom is -0.379 e. The Labute approximate surface area is 210 Å². The fourth-order valence-electron chi connectivity index (χ4n) is 3.66. The number of para-hydroxylation sites is 1. The number of carbonyl (C=O) groups is 1. The molecule has 1 fully saturated rings. The van der Waals surface area contributed by atoms with Crippen molar-refractivity contribution in [3.8, 4) is 0 Å². The molecular weight excluding hydrogens is 527 g/mol. The molecule has 0 radical (unpaired) electrons. The van der Waals surface area contributed by atoms with Crippen LogP contribution < -0.4 is 4.90 Å². The molecule has 2 aromatic carbocycles. The molecule has 0 N–H and O–H groups in total. The number of halogens is 4. The Morgan fingerprint density at radius 1 is 1.17 bits per heavy atom. The number of rotatable bonds is 6. The first-order valence-electron chi connectivity index (χ1n) is 10.4. The van der Waals surface area contributed by atoms with Crippen LogP contribution in [0.2, 0.25) is 0 Å². The molecule has 2 heterocycles. The number of sulfone groups is 1. The highest BCUT2D eigenvalue weighted by molar-refractivity contribution is 7.91. The minimum absolute atomic E-state index is 0. The minimum atomic E-state index is -4.59. The molecule has 0 saturated carbocycles. The van der Waals surface area contributed by atoms with Crippen LogP contribution in [0, 0.1) is 0 Å². The third-order valence-corrected chi connectivity index (χ3v) is 7.60. The van der Waals surface area contributed by atoms with Gasteiger partial charge in [0.15, 0.2) is 15.0 Å². The number of hydrogen-bond donors (Lipinski definition) is 0. The van der Waals surface area contributed by atoms with Gasteiger partial charge in [-0.1, -0.05) is 23.5 Å². The van der Waals surface area contributed by atoms with E-state index in [9.17, 15) is 26.4 Å². The fraction of sp³-hybridized carbons (Fsp3) is 0.364. The standard InChI is InChI=1S/C22H22F3N3O4S2.ClH/c1-34(30,31)18-7-3-6-17-19(18)26-21(33-17)28(9-8-27-10-12-32-13-11-27)20(29)15-4-2-5-16(14-15)22(23,24)25;/h2-7,14H,8-13H2,1H3;1H. The Balaban J connectivity index is 0.00000342. The van der Waals surface area contributed by atoms with Crippen LogP contribution in [-0.4, -0.2) is 69.9 Å². The molecular formula is C22H23ClF3N3O4S2. The molecule has 1 amide bonds. The van der Waals surface area contributed by atoms with Crippen LogP contribution in [0.1, 0.15) is 15.9 Å². The maximum Gasteiger partial charge on any atom is 0.416 e. The number of benzene rings is 2. The van der Waals surface area contributed by atoms with Crippen molar-refractivity contribution in [3.05, 3.63) is 53.6 Å². The van der Waals surface area contributed by atoms with E-state index in [1.165, 1.54) is 23.1 Å². The molecule has 0 bridgehead atoms. The number of fused-ring (bicyclic) bond motifs is 1. The third kappa shape index (κ3) is 6.31. The second-order valence-electron chi connectivity index (χ2n) is 7.86. The molecule has 1 saturated heterocycles. The van der Waals surface area contributed by atoms with E-state index in [0.717, 1.165) is 29.7 Å². The lowest BCUT2D eigenvalue weighted by Gasteiger charge is -2.29. The highest BCUT2D eigenvalue weighted by atomic mass is 35.5. The lowest BCUT2D eigenvalue weighted by Crippen LogP contribution is -2.43.